The molecule has 166 valence electrons. The van der Waals surface area contributed by atoms with Crippen molar-refractivity contribution in [3.8, 4) is 0 Å². The van der Waals surface area contributed by atoms with Crippen LogP contribution in [0, 0.1) is 5.92 Å². The van der Waals surface area contributed by atoms with Crippen LogP contribution in [0.15, 0.2) is 30.3 Å². The third kappa shape index (κ3) is 6.27. The Labute approximate surface area is 177 Å². The second-order valence-electron chi connectivity index (χ2n) is 7.92. The van der Waals surface area contributed by atoms with E-state index in [1.54, 1.807) is 6.92 Å². The van der Waals surface area contributed by atoms with Crippen LogP contribution in [0.4, 0.5) is 0 Å². The molecule has 0 unspecified atom stereocenters. The summed E-state index contributed by atoms with van der Waals surface area (Å²) in [5, 5.41) is 5.65. The number of benzene rings is 1. The third-order valence-corrected chi connectivity index (χ3v) is 5.32. The topological polar surface area (TPSA) is 120 Å². The molecule has 1 aliphatic heterocycles. The van der Waals surface area contributed by atoms with Crippen LogP contribution >= 0.6 is 0 Å². The Balaban J connectivity index is 2.21. The molecule has 30 heavy (non-hydrogen) atoms. The molecule has 0 aromatic heterocycles. The molecular weight excluding hydrogens is 386 g/mol. The molecule has 1 aromatic carbocycles. The van der Waals surface area contributed by atoms with E-state index in [1.165, 1.54) is 0 Å². The van der Waals surface area contributed by atoms with Crippen LogP contribution in [0.3, 0.4) is 0 Å². The smallest absolute Gasteiger partial charge is 0.328 e. The minimum atomic E-state index is -1.18. The molecule has 1 aliphatic rings. The van der Waals surface area contributed by atoms with Crippen molar-refractivity contribution in [3.05, 3.63) is 35.9 Å². The van der Waals surface area contributed by atoms with Gasteiger partial charge in [0.05, 0.1) is 12.6 Å². The Morgan fingerprint density at radius 2 is 1.80 bits per heavy atom. The van der Waals surface area contributed by atoms with Crippen LogP contribution in [0.1, 0.15) is 39.2 Å². The van der Waals surface area contributed by atoms with Gasteiger partial charge in [0, 0.05) is 32.5 Å². The molecule has 2 amide bonds. The summed E-state index contributed by atoms with van der Waals surface area (Å²) in [4.78, 5) is 38.5. The lowest BCUT2D eigenvalue weighted by Crippen LogP contribution is -2.65. The van der Waals surface area contributed by atoms with E-state index < -0.39 is 35.4 Å². The van der Waals surface area contributed by atoms with Gasteiger partial charge < -0.3 is 25.8 Å². The van der Waals surface area contributed by atoms with Crippen molar-refractivity contribution in [1.82, 2.24) is 10.6 Å². The van der Waals surface area contributed by atoms with Crippen molar-refractivity contribution >= 4 is 17.8 Å². The number of amides is 2. The fraction of sp³-hybridized carbons (Fsp3) is 0.591. The van der Waals surface area contributed by atoms with Crippen molar-refractivity contribution in [2.45, 2.75) is 57.7 Å². The maximum Gasteiger partial charge on any atom is 0.328 e. The van der Waals surface area contributed by atoms with Crippen LogP contribution in [-0.4, -0.2) is 55.2 Å². The molecule has 1 saturated heterocycles. The second-order valence-corrected chi connectivity index (χ2v) is 7.92. The molecule has 1 aromatic rings. The quantitative estimate of drug-likeness (QED) is 0.512. The van der Waals surface area contributed by atoms with Crippen molar-refractivity contribution in [2.24, 2.45) is 11.7 Å². The number of ether oxygens (including phenoxy) is 2. The van der Waals surface area contributed by atoms with Gasteiger partial charge in [-0.3, -0.25) is 9.59 Å². The second kappa shape index (κ2) is 11.1. The molecule has 8 heteroatoms. The Kier molecular flexibility index (Phi) is 8.80. The van der Waals surface area contributed by atoms with Crippen LogP contribution < -0.4 is 16.4 Å². The lowest BCUT2D eigenvalue weighted by atomic mass is 9.87. The SMILES string of the molecule is CCOC(=O)[C@H](Cc1ccccc1)NC(=O)C1(NC(=O)[C@@H](N)C(C)C)CCOCC1. The van der Waals surface area contributed by atoms with Crippen LogP contribution in [0.25, 0.3) is 0 Å². The summed E-state index contributed by atoms with van der Waals surface area (Å²) in [6, 6.07) is 7.78. The predicted octanol–water partition coefficient (Wildman–Crippen LogP) is 0.926. The predicted molar refractivity (Wildman–Crippen MR) is 112 cm³/mol. The number of hydrogen-bond donors (Lipinski definition) is 3. The van der Waals surface area contributed by atoms with Gasteiger partial charge in [-0.25, -0.2) is 4.79 Å². The van der Waals surface area contributed by atoms with Crippen LogP contribution in [0.5, 0.6) is 0 Å². The number of nitrogens with one attached hydrogen (secondary N) is 2. The van der Waals surface area contributed by atoms with E-state index in [4.69, 9.17) is 15.2 Å². The molecule has 4 N–H and O–H groups in total. The van der Waals surface area contributed by atoms with E-state index in [2.05, 4.69) is 10.6 Å². The number of rotatable bonds is 9. The molecule has 1 heterocycles. The molecule has 0 saturated carbocycles. The van der Waals surface area contributed by atoms with E-state index in [0.717, 1.165) is 5.56 Å². The number of carbonyl (C=O) groups excluding carboxylic acids is 3. The summed E-state index contributed by atoms with van der Waals surface area (Å²) in [5.74, 6) is -1.40. The minimum absolute atomic E-state index is 0.0738. The lowest BCUT2D eigenvalue weighted by molar-refractivity contribution is -0.149. The molecule has 2 rings (SSSR count). The molecule has 0 bridgehead atoms. The number of hydrogen-bond acceptors (Lipinski definition) is 6. The highest BCUT2D eigenvalue weighted by atomic mass is 16.5. The summed E-state index contributed by atoms with van der Waals surface area (Å²) in [6.07, 6.45) is 0.893. The van der Waals surface area contributed by atoms with Crippen molar-refractivity contribution in [2.75, 3.05) is 19.8 Å². The molecule has 0 radical (unpaired) electrons. The fourth-order valence-corrected chi connectivity index (χ4v) is 3.33. The van der Waals surface area contributed by atoms with E-state index in [9.17, 15) is 14.4 Å². The van der Waals surface area contributed by atoms with Gasteiger partial charge in [-0.1, -0.05) is 44.2 Å². The highest BCUT2D eigenvalue weighted by molar-refractivity contribution is 5.95. The van der Waals surface area contributed by atoms with Gasteiger partial charge in [0.1, 0.15) is 11.6 Å². The molecule has 0 aliphatic carbocycles. The zero-order chi connectivity index (χ0) is 22.1. The third-order valence-electron chi connectivity index (χ3n) is 5.32. The first kappa shape index (κ1) is 23.8. The van der Waals surface area contributed by atoms with Crippen molar-refractivity contribution in [3.63, 3.8) is 0 Å². The van der Waals surface area contributed by atoms with E-state index >= 15 is 0 Å². The lowest BCUT2D eigenvalue weighted by Gasteiger charge is -2.38. The van der Waals surface area contributed by atoms with E-state index in [0.29, 0.717) is 26.1 Å². The standard InChI is InChI=1S/C22H33N3O5/c1-4-30-20(27)17(14-16-8-6-5-7-9-16)24-21(28)22(10-12-29-13-11-22)25-19(26)18(23)15(2)3/h5-9,15,17-18H,4,10-14,23H2,1-3H3,(H,24,28)(H,25,26)/t17-,18-/m0/s1. The summed E-state index contributed by atoms with van der Waals surface area (Å²) in [7, 11) is 0. The van der Waals surface area contributed by atoms with Gasteiger partial charge in [-0.15, -0.1) is 0 Å². The highest BCUT2D eigenvalue weighted by Gasteiger charge is 2.43. The maximum absolute atomic E-state index is 13.3. The Hall–Kier alpha value is -2.45. The Bertz CT molecular complexity index is 717. The average molecular weight is 420 g/mol. The summed E-state index contributed by atoms with van der Waals surface area (Å²) in [5.41, 5.74) is 5.69. The van der Waals surface area contributed by atoms with E-state index in [1.807, 2.05) is 44.2 Å². The number of nitrogens with two attached hydrogens (primary N) is 1. The maximum atomic E-state index is 13.3. The van der Waals surface area contributed by atoms with Crippen LogP contribution in [-0.2, 0) is 30.3 Å². The number of esters is 1. The van der Waals surface area contributed by atoms with Crippen molar-refractivity contribution < 1.29 is 23.9 Å². The van der Waals surface area contributed by atoms with Gasteiger partial charge in [0.15, 0.2) is 0 Å². The summed E-state index contributed by atoms with van der Waals surface area (Å²) >= 11 is 0. The Morgan fingerprint density at radius 3 is 2.37 bits per heavy atom. The Morgan fingerprint density at radius 1 is 1.17 bits per heavy atom. The van der Waals surface area contributed by atoms with Gasteiger partial charge in [-0.05, 0) is 18.4 Å². The first-order chi connectivity index (χ1) is 14.3. The minimum Gasteiger partial charge on any atom is -0.464 e. The fourth-order valence-electron chi connectivity index (χ4n) is 3.33. The van der Waals surface area contributed by atoms with Gasteiger partial charge >= 0.3 is 5.97 Å². The summed E-state index contributed by atoms with van der Waals surface area (Å²) < 4.78 is 10.6. The average Bonchev–Trinajstić information content (AvgIpc) is 2.74. The summed E-state index contributed by atoms with van der Waals surface area (Å²) in [6.45, 7) is 6.27. The monoisotopic (exact) mass is 419 g/mol. The molecule has 0 spiro atoms. The zero-order valence-electron chi connectivity index (χ0n) is 18.0. The van der Waals surface area contributed by atoms with Gasteiger partial charge in [0.25, 0.3) is 0 Å². The van der Waals surface area contributed by atoms with Crippen LogP contribution in [0.2, 0.25) is 0 Å². The van der Waals surface area contributed by atoms with E-state index in [-0.39, 0.29) is 18.9 Å². The molecule has 2 atom stereocenters. The largest absolute Gasteiger partial charge is 0.464 e. The zero-order valence-corrected chi connectivity index (χ0v) is 18.0. The van der Waals surface area contributed by atoms with Gasteiger partial charge in [0.2, 0.25) is 11.8 Å². The molecule has 1 fully saturated rings. The highest BCUT2D eigenvalue weighted by Crippen LogP contribution is 2.22. The normalized spacial score (nSPS) is 17.6. The first-order valence-corrected chi connectivity index (χ1v) is 10.5. The molecular formula is C22H33N3O5. The van der Waals surface area contributed by atoms with Gasteiger partial charge in [-0.2, -0.15) is 0 Å². The number of carbonyl (C=O) groups is 3. The van der Waals surface area contributed by atoms with Crippen molar-refractivity contribution in [1.29, 1.82) is 0 Å². The first-order valence-electron chi connectivity index (χ1n) is 10.5. The molecule has 8 nitrogen and oxygen atoms in total.